The maximum Gasteiger partial charge on any atom is 0.0998 e. The van der Waals surface area contributed by atoms with Crippen LogP contribution in [0.5, 0.6) is 0 Å². The van der Waals surface area contributed by atoms with Crippen LogP contribution >= 0.6 is 0 Å². The van der Waals surface area contributed by atoms with Crippen molar-refractivity contribution in [1.82, 2.24) is 9.13 Å². The highest BCUT2D eigenvalue weighted by Gasteiger charge is 2.21. The van der Waals surface area contributed by atoms with Crippen molar-refractivity contribution in [3.63, 3.8) is 0 Å². The average molecular weight is 794 g/mol. The molecule has 0 bridgehead atoms. The van der Waals surface area contributed by atoms with Crippen LogP contribution in [0.4, 0.5) is 0 Å². The summed E-state index contributed by atoms with van der Waals surface area (Å²) in [6.45, 7) is 8.66. The lowest BCUT2D eigenvalue weighted by Crippen LogP contribution is -1.97. The molecule has 0 aliphatic carbocycles. The van der Waals surface area contributed by atoms with Crippen LogP contribution in [0.1, 0.15) is 27.8 Å². The standard InChI is InChI=1S/C59H43N3/c1-37-16-28-54-50(32-37)51-33-38(2)17-29-55(51)61(54)45-24-20-41(21-25-45)47-13-9-15-49(48-14-8-12-44(36-60)58(48)42-10-6-5-7-11-42)59(47)43-22-26-46(27-23-43)62-56-30-18-39(3)34-52(56)53-35-40(4)19-31-57(53)62/h5-35H,1-4H3. The third-order valence-corrected chi connectivity index (χ3v) is 12.6. The first-order chi connectivity index (χ1) is 30.3. The van der Waals surface area contributed by atoms with Crippen molar-refractivity contribution < 1.29 is 0 Å². The summed E-state index contributed by atoms with van der Waals surface area (Å²) in [6, 6.07) is 70.6. The first-order valence-corrected chi connectivity index (χ1v) is 21.3. The minimum absolute atomic E-state index is 0.651. The molecule has 62 heavy (non-hydrogen) atoms. The Bertz CT molecular complexity index is 3480. The van der Waals surface area contributed by atoms with E-state index in [1.165, 1.54) is 65.9 Å². The Morgan fingerprint density at radius 2 is 0.726 bits per heavy atom. The van der Waals surface area contributed by atoms with E-state index in [0.29, 0.717) is 5.56 Å². The van der Waals surface area contributed by atoms with E-state index < -0.39 is 0 Å². The highest BCUT2D eigenvalue weighted by molar-refractivity contribution is 6.11. The Morgan fingerprint density at radius 1 is 0.339 bits per heavy atom. The first-order valence-electron chi connectivity index (χ1n) is 21.3. The van der Waals surface area contributed by atoms with E-state index in [-0.39, 0.29) is 0 Å². The minimum Gasteiger partial charge on any atom is -0.309 e. The van der Waals surface area contributed by atoms with Crippen LogP contribution in [0.2, 0.25) is 0 Å². The molecule has 2 heterocycles. The van der Waals surface area contributed by atoms with E-state index in [4.69, 9.17) is 0 Å². The number of fused-ring (bicyclic) bond motifs is 6. The monoisotopic (exact) mass is 793 g/mol. The molecule has 3 nitrogen and oxygen atoms in total. The van der Waals surface area contributed by atoms with E-state index in [9.17, 15) is 5.26 Å². The molecular weight excluding hydrogens is 751 g/mol. The molecule has 0 aliphatic rings. The number of aromatic nitrogens is 2. The molecule has 0 amide bonds. The molecule has 0 N–H and O–H groups in total. The van der Waals surface area contributed by atoms with Gasteiger partial charge in [0.2, 0.25) is 0 Å². The largest absolute Gasteiger partial charge is 0.309 e. The van der Waals surface area contributed by atoms with Crippen LogP contribution in [0, 0.1) is 39.0 Å². The summed E-state index contributed by atoms with van der Waals surface area (Å²) in [6.07, 6.45) is 0. The van der Waals surface area contributed by atoms with Gasteiger partial charge in [0.1, 0.15) is 0 Å². The number of rotatable bonds is 6. The molecule has 0 atom stereocenters. The quantitative estimate of drug-likeness (QED) is 0.165. The molecule has 0 spiro atoms. The predicted molar refractivity (Wildman–Crippen MR) is 261 cm³/mol. The number of nitrogens with zero attached hydrogens (tertiary/aromatic N) is 3. The van der Waals surface area contributed by atoms with Crippen LogP contribution in [0.3, 0.4) is 0 Å². The van der Waals surface area contributed by atoms with Gasteiger partial charge in [0, 0.05) is 38.5 Å². The van der Waals surface area contributed by atoms with E-state index in [1.807, 2.05) is 30.3 Å². The van der Waals surface area contributed by atoms with Crippen molar-refractivity contribution in [2.75, 3.05) is 0 Å². The summed E-state index contributed by atoms with van der Waals surface area (Å²) in [5.74, 6) is 0. The summed E-state index contributed by atoms with van der Waals surface area (Å²) in [5.41, 5.74) is 21.2. The van der Waals surface area contributed by atoms with Gasteiger partial charge in [-0.15, -0.1) is 0 Å². The third-order valence-electron chi connectivity index (χ3n) is 12.6. The predicted octanol–water partition coefficient (Wildman–Crippen LogP) is 15.7. The van der Waals surface area contributed by atoms with Crippen molar-refractivity contribution >= 4 is 43.6 Å². The SMILES string of the molecule is Cc1ccc2c(c1)c1cc(C)ccc1n2-c1ccc(-c2cccc(-c3cccc(C#N)c3-c3ccccc3)c2-c2ccc(-n3c4ccc(C)cc4c4cc(C)ccc43)cc2)cc1. The molecule has 0 radical (unpaired) electrons. The van der Waals surface area contributed by atoms with Crippen LogP contribution in [0.15, 0.2) is 188 Å². The van der Waals surface area contributed by atoms with Crippen LogP contribution < -0.4 is 0 Å². The van der Waals surface area contributed by atoms with Crippen LogP contribution in [0.25, 0.3) is 99.5 Å². The third kappa shape index (κ3) is 6.03. The maximum atomic E-state index is 10.5. The summed E-state index contributed by atoms with van der Waals surface area (Å²) in [5, 5.41) is 15.5. The highest BCUT2D eigenvalue weighted by atomic mass is 15.0. The van der Waals surface area contributed by atoms with Gasteiger partial charge >= 0.3 is 0 Å². The minimum atomic E-state index is 0.651. The van der Waals surface area contributed by atoms with E-state index in [1.54, 1.807) is 0 Å². The Hall–Kier alpha value is -7.93. The van der Waals surface area contributed by atoms with Crippen molar-refractivity contribution in [2.24, 2.45) is 0 Å². The lowest BCUT2D eigenvalue weighted by Gasteiger charge is -2.20. The fourth-order valence-electron chi connectivity index (χ4n) is 9.74. The molecule has 0 saturated carbocycles. The number of hydrogen-bond acceptors (Lipinski definition) is 1. The molecule has 0 fully saturated rings. The van der Waals surface area contributed by atoms with Gasteiger partial charge in [0.15, 0.2) is 0 Å². The zero-order valence-corrected chi connectivity index (χ0v) is 35.2. The molecular formula is C59H43N3. The molecule has 0 aliphatic heterocycles. The molecule has 2 aromatic heterocycles. The second kappa shape index (κ2) is 14.7. The summed E-state index contributed by atoms with van der Waals surface area (Å²) >= 11 is 0. The molecule has 11 rings (SSSR count). The number of nitriles is 1. The van der Waals surface area contributed by atoms with E-state index in [0.717, 1.165) is 55.9 Å². The van der Waals surface area contributed by atoms with Crippen LogP contribution in [-0.4, -0.2) is 9.13 Å². The Balaban J connectivity index is 1.11. The molecule has 11 aromatic rings. The second-order valence-corrected chi connectivity index (χ2v) is 16.8. The fraction of sp³-hybridized carbons (Fsp3) is 0.0678. The first kappa shape index (κ1) is 37.1. The summed E-state index contributed by atoms with van der Waals surface area (Å²) in [4.78, 5) is 0. The van der Waals surface area contributed by atoms with Gasteiger partial charge in [-0.1, -0.05) is 131 Å². The van der Waals surface area contributed by atoms with Crippen LogP contribution in [-0.2, 0) is 0 Å². The lowest BCUT2D eigenvalue weighted by molar-refractivity contribution is 1.18. The van der Waals surface area contributed by atoms with Gasteiger partial charge in [-0.3, -0.25) is 0 Å². The van der Waals surface area contributed by atoms with Gasteiger partial charge in [0.25, 0.3) is 0 Å². The summed E-state index contributed by atoms with van der Waals surface area (Å²) < 4.78 is 4.78. The zero-order valence-electron chi connectivity index (χ0n) is 35.2. The Morgan fingerprint density at radius 3 is 1.18 bits per heavy atom. The second-order valence-electron chi connectivity index (χ2n) is 16.8. The molecule has 9 aromatic carbocycles. The molecule has 0 unspecified atom stereocenters. The lowest BCUT2D eigenvalue weighted by atomic mass is 9.84. The van der Waals surface area contributed by atoms with Crippen molar-refractivity contribution in [3.05, 3.63) is 216 Å². The van der Waals surface area contributed by atoms with Gasteiger partial charge in [-0.2, -0.15) is 5.26 Å². The van der Waals surface area contributed by atoms with Gasteiger partial charge in [-0.05, 0) is 146 Å². The Kier molecular flexibility index (Phi) is 8.77. The zero-order chi connectivity index (χ0) is 42.1. The average Bonchev–Trinajstić information content (AvgIpc) is 3.79. The number of benzene rings is 9. The molecule has 294 valence electrons. The number of hydrogen-bond donors (Lipinski definition) is 0. The van der Waals surface area contributed by atoms with Gasteiger partial charge < -0.3 is 9.13 Å². The van der Waals surface area contributed by atoms with Crippen molar-refractivity contribution in [3.8, 4) is 62.0 Å². The topological polar surface area (TPSA) is 33.6 Å². The molecule has 3 heteroatoms. The van der Waals surface area contributed by atoms with Crippen molar-refractivity contribution in [2.45, 2.75) is 27.7 Å². The highest BCUT2D eigenvalue weighted by Crippen LogP contribution is 2.45. The normalized spacial score (nSPS) is 11.5. The van der Waals surface area contributed by atoms with Gasteiger partial charge in [-0.25, -0.2) is 0 Å². The Labute approximate surface area is 362 Å². The van der Waals surface area contributed by atoms with E-state index in [2.05, 4.69) is 201 Å². The van der Waals surface area contributed by atoms with Gasteiger partial charge in [0.05, 0.1) is 33.7 Å². The van der Waals surface area contributed by atoms with E-state index >= 15 is 0 Å². The molecule has 0 saturated heterocycles. The maximum absolute atomic E-state index is 10.5. The fourth-order valence-corrected chi connectivity index (χ4v) is 9.74. The van der Waals surface area contributed by atoms with Crippen molar-refractivity contribution in [1.29, 1.82) is 5.26 Å². The smallest absolute Gasteiger partial charge is 0.0998 e. The summed E-state index contributed by atoms with van der Waals surface area (Å²) in [7, 11) is 0. The number of aryl methyl sites for hydroxylation is 4.